The van der Waals surface area contributed by atoms with Crippen LogP contribution in [-0.2, 0) is 14.2 Å². The summed E-state index contributed by atoms with van der Waals surface area (Å²) in [7, 11) is 5.56. The van der Waals surface area contributed by atoms with Gasteiger partial charge in [0.15, 0.2) is 0 Å². The molecule has 0 aliphatic heterocycles. The lowest BCUT2D eigenvalue weighted by Gasteiger charge is -2.47. The zero-order chi connectivity index (χ0) is 75.5. The number of methoxy groups -OCH3 is 3. The predicted octanol–water partition coefficient (Wildman–Crippen LogP) is 29.2. The Kier molecular flexibility index (Phi) is 32.2. The Morgan fingerprint density at radius 2 is 0.438 bits per heavy atom. The molecule has 18 bridgehead atoms. The molecule has 15 saturated carbocycles. The van der Waals surface area contributed by atoms with Gasteiger partial charge in [-0.3, -0.25) is 0 Å². The lowest BCUT2D eigenvalue weighted by molar-refractivity contribution is -0.0462. The van der Waals surface area contributed by atoms with Gasteiger partial charge in [-0.25, -0.2) is 0 Å². The van der Waals surface area contributed by atoms with Crippen LogP contribution in [0.1, 0.15) is 337 Å². The number of ether oxygens (including phenoxy) is 3. The standard InChI is InChI=1S/3C12H20O.3C11H20.3C11H18/c3*1-9(2)11-8-12(13-3)6-4-10(11)5-7-12;6*1-8(2)11-7-9-3-5-10(11)6-4-9/h3*4,6,9-11H,5,7-8H2,1-3H3;3*8-11H,3-7H2,1-2H3;3*3,5,8-11H,4,6-7H2,1-2H3. The Morgan fingerprint density at radius 1 is 0.219 bits per heavy atom. The van der Waals surface area contributed by atoms with Crippen LogP contribution in [0.4, 0.5) is 0 Å². The molecule has 0 aromatic heterocycles. The molecule has 15 fully saturated rings. The minimum absolute atomic E-state index is 0.101. The molecule has 0 aromatic rings. The Labute approximate surface area is 653 Å². The van der Waals surface area contributed by atoms with Crippen LogP contribution in [0.5, 0.6) is 0 Å². The van der Waals surface area contributed by atoms with Gasteiger partial charge in [0, 0.05) is 21.3 Å². The Hall–Kier alpha value is -1.68. The van der Waals surface area contributed by atoms with Crippen molar-refractivity contribution in [2.45, 2.75) is 353 Å². The molecule has 21 atom stereocenters. The molecule has 3 nitrogen and oxygen atoms in total. The summed E-state index contributed by atoms with van der Waals surface area (Å²) in [4.78, 5) is 0. The van der Waals surface area contributed by atoms with Crippen molar-refractivity contribution < 1.29 is 14.2 Å². The maximum atomic E-state index is 5.66. The van der Waals surface area contributed by atoms with E-state index in [1.807, 2.05) is 21.3 Å². The predicted molar refractivity (Wildman–Crippen MR) is 454 cm³/mol. The highest BCUT2D eigenvalue weighted by molar-refractivity contribution is 5.19. The molecule has 0 saturated heterocycles. The van der Waals surface area contributed by atoms with E-state index >= 15 is 0 Å². The third kappa shape index (κ3) is 22.4. The highest BCUT2D eigenvalue weighted by Gasteiger charge is 2.47. The van der Waals surface area contributed by atoms with Gasteiger partial charge in [0.05, 0.1) is 16.8 Å². The topological polar surface area (TPSA) is 27.7 Å². The highest BCUT2D eigenvalue weighted by atomic mass is 16.5. The molecular formula is C102H174O3. The van der Waals surface area contributed by atoms with Crippen molar-refractivity contribution in [3.8, 4) is 0 Å². The minimum atomic E-state index is 0.101. The van der Waals surface area contributed by atoms with E-state index in [2.05, 4.69) is 198 Å². The maximum absolute atomic E-state index is 5.66. The van der Waals surface area contributed by atoms with Crippen LogP contribution in [0.3, 0.4) is 0 Å². The zero-order valence-corrected chi connectivity index (χ0v) is 73.0. The van der Waals surface area contributed by atoms with E-state index < -0.39 is 0 Å². The number of allylic oxidation sites excluding steroid dienone is 9. The van der Waals surface area contributed by atoms with E-state index in [0.717, 1.165) is 195 Å². The van der Waals surface area contributed by atoms with Gasteiger partial charge in [0.25, 0.3) is 0 Å². The van der Waals surface area contributed by atoms with Gasteiger partial charge < -0.3 is 14.2 Å². The molecule has 0 radical (unpaired) electrons. The third-order valence-corrected chi connectivity index (χ3v) is 34.1. The molecule has 0 spiro atoms. The van der Waals surface area contributed by atoms with E-state index in [1.54, 1.807) is 96.3 Å². The van der Waals surface area contributed by atoms with Crippen molar-refractivity contribution in [2.75, 3.05) is 21.3 Å². The fourth-order valence-electron chi connectivity index (χ4n) is 26.8. The third-order valence-electron chi connectivity index (χ3n) is 34.1. The molecule has 0 heterocycles. The molecule has 0 N–H and O–H groups in total. The SMILES string of the molecule is CC(C)C1CC2C=CC1CC2.CC(C)C1CC2C=CC1CC2.CC(C)C1CC2C=CC1CC2.CC(C)C1CC2CCC1CC2.CC(C)C1CC2CCC1CC2.CC(C)C1CC2CCC1CC2.COC12C=CC(CC1)C(C(C)C)C2.COC12C=CC(CC1)C(C(C)C)C2.COC12C=CC(CC1)C(C(C)C)C2. The molecule has 21 unspecified atom stereocenters. The van der Waals surface area contributed by atoms with Crippen molar-refractivity contribution in [3.63, 3.8) is 0 Å². The van der Waals surface area contributed by atoms with Gasteiger partial charge in [0.2, 0.25) is 0 Å². The number of rotatable bonds is 12. The van der Waals surface area contributed by atoms with E-state index in [4.69, 9.17) is 14.2 Å². The summed E-state index contributed by atoms with van der Waals surface area (Å²) in [6.45, 7) is 42.7. The normalized spacial score (nSPS) is 42.8. The number of fused-ring (bicyclic) bond motifs is 21. The molecule has 0 aromatic carbocycles. The molecule has 105 heavy (non-hydrogen) atoms. The second kappa shape index (κ2) is 39.4. The molecular weight excluding hydrogens is 1270 g/mol. The van der Waals surface area contributed by atoms with Crippen LogP contribution in [0, 0.1) is 195 Å². The average molecular weight is 1450 g/mol. The lowest BCUT2D eigenvalue weighted by atomic mass is 9.62. The van der Waals surface area contributed by atoms with Crippen LogP contribution in [-0.4, -0.2) is 38.1 Å². The Bertz CT molecular complexity index is 2410. The summed E-state index contributed by atoms with van der Waals surface area (Å²) in [6.07, 6.45) is 76.7. The Morgan fingerprint density at radius 3 is 0.552 bits per heavy atom. The zero-order valence-electron chi connectivity index (χ0n) is 73.0. The van der Waals surface area contributed by atoms with Crippen LogP contribution in [0.2, 0.25) is 0 Å². The van der Waals surface area contributed by atoms with Crippen LogP contribution < -0.4 is 0 Å². The van der Waals surface area contributed by atoms with E-state index in [0.29, 0.717) is 0 Å². The molecule has 27 aliphatic carbocycles. The van der Waals surface area contributed by atoms with Crippen LogP contribution in [0.15, 0.2) is 72.9 Å². The summed E-state index contributed by atoms with van der Waals surface area (Å²) in [5.74, 6) is 31.5. The lowest BCUT2D eigenvalue weighted by Crippen LogP contribution is -2.44. The highest BCUT2D eigenvalue weighted by Crippen LogP contribution is 2.54. The summed E-state index contributed by atoms with van der Waals surface area (Å²) >= 11 is 0. The molecule has 600 valence electrons. The monoisotopic (exact) mass is 1450 g/mol. The van der Waals surface area contributed by atoms with Gasteiger partial charge in [0.1, 0.15) is 0 Å². The fourth-order valence-corrected chi connectivity index (χ4v) is 26.8. The van der Waals surface area contributed by atoms with Crippen molar-refractivity contribution in [2.24, 2.45) is 195 Å². The first kappa shape index (κ1) is 85.7. The van der Waals surface area contributed by atoms with Gasteiger partial charge in [-0.2, -0.15) is 0 Å². The second-order valence-electron chi connectivity index (χ2n) is 43.2. The minimum Gasteiger partial charge on any atom is -0.374 e. The number of hydrogen-bond donors (Lipinski definition) is 0. The van der Waals surface area contributed by atoms with Crippen molar-refractivity contribution in [3.05, 3.63) is 72.9 Å². The maximum Gasteiger partial charge on any atom is 0.0861 e. The summed E-state index contributed by atoms with van der Waals surface area (Å²) in [6, 6.07) is 0. The first-order valence-corrected chi connectivity index (χ1v) is 46.9. The largest absolute Gasteiger partial charge is 0.374 e. The van der Waals surface area contributed by atoms with Crippen molar-refractivity contribution in [1.82, 2.24) is 0 Å². The second-order valence-corrected chi connectivity index (χ2v) is 43.2. The van der Waals surface area contributed by atoms with Crippen molar-refractivity contribution in [1.29, 1.82) is 0 Å². The van der Waals surface area contributed by atoms with Gasteiger partial charge in [-0.1, -0.05) is 236 Å². The number of hydrogen-bond acceptors (Lipinski definition) is 3. The quantitative estimate of drug-likeness (QED) is 0.182. The first-order chi connectivity index (χ1) is 50.1. The van der Waals surface area contributed by atoms with E-state index in [9.17, 15) is 0 Å². The average Bonchev–Trinajstić information content (AvgIpc) is 0.778. The summed E-state index contributed by atoms with van der Waals surface area (Å²) < 4.78 is 17.0. The molecule has 27 rings (SSSR count). The van der Waals surface area contributed by atoms with Crippen LogP contribution in [0.25, 0.3) is 0 Å². The molecule has 0 amide bonds. The molecule has 3 heteroatoms. The van der Waals surface area contributed by atoms with Gasteiger partial charge in [-0.15, -0.1) is 0 Å². The first-order valence-electron chi connectivity index (χ1n) is 46.9. The van der Waals surface area contributed by atoms with E-state index in [1.165, 1.54) is 116 Å². The Balaban J connectivity index is 0.000000127. The smallest absolute Gasteiger partial charge is 0.0861 e. The van der Waals surface area contributed by atoms with Crippen LogP contribution >= 0.6 is 0 Å². The summed E-state index contributed by atoms with van der Waals surface area (Å²) in [5, 5.41) is 0. The fraction of sp³-hybridized carbons (Fsp3) is 0.882. The summed E-state index contributed by atoms with van der Waals surface area (Å²) in [5.41, 5.74) is 0.303. The van der Waals surface area contributed by atoms with E-state index in [-0.39, 0.29) is 16.8 Å². The molecule has 27 aliphatic rings. The van der Waals surface area contributed by atoms with Gasteiger partial charge >= 0.3 is 0 Å². The van der Waals surface area contributed by atoms with Gasteiger partial charge in [-0.05, 0) is 369 Å². The van der Waals surface area contributed by atoms with Crippen molar-refractivity contribution >= 4 is 0 Å².